The van der Waals surface area contributed by atoms with E-state index >= 15 is 0 Å². The monoisotopic (exact) mass is 300 g/mol. The van der Waals surface area contributed by atoms with Gasteiger partial charge in [-0.15, -0.1) is 0 Å². The van der Waals surface area contributed by atoms with Crippen molar-refractivity contribution in [2.24, 2.45) is 0 Å². The summed E-state index contributed by atoms with van der Waals surface area (Å²) in [7, 11) is 1.53. The van der Waals surface area contributed by atoms with E-state index in [0.717, 1.165) is 11.3 Å². The molecule has 4 nitrogen and oxygen atoms in total. The molecule has 0 fully saturated rings. The van der Waals surface area contributed by atoms with Crippen LogP contribution < -0.4 is 10.3 Å². The highest BCUT2D eigenvalue weighted by molar-refractivity contribution is 7.21. The summed E-state index contributed by atoms with van der Waals surface area (Å²) < 4.78 is 6.84. The third-order valence-electron chi connectivity index (χ3n) is 2.59. The van der Waals surface area contributed by atoms with Crippen molar-refractivity contribution in [1.82, 2.24) is 9.38 Å². The minimum absolute atomic E-state index is 0.193. The van der Waals surface area contributed by atoms with Gasteiger partial charge in [0.15, 0.2) is 4.96 Å². The van der Waals surface area contributed by atoms with Gasteiger partial charge in [-0.3, -0.25) is 4.79 Å². The minimum atomic E-state index is -0.248. The van der Waals surface area contributed by atoms with Gasteiger partial charge in [0.2, 0.25) is 0 Å². The Bertz CT molecular complexity index is 825. The van der Waals surface area contributed by atoms with Gasteiger partial charge in [-0.25, -0.2) is 9.38 Å². The van der Waals surface area contributed by atoms with Gasteiger partial charge in [0.05, 0.1) is 12.5 Å². The van der Waals surface area contributed by atoms with Gasteiger partial charge in [-0.05, 0) is 12.1 Å². The van der Waals surface area contributed by atoms with Crippen LogP contribution in [0.1, 0.15) is 0 Å². The lowest BCUT2D eigenvalue weighted by molar-refractivity contribution is 0.419. The molecular weight excluding hydrogens is 295 g/mol. The summed E-state index contributed by atoms with van der Waals surface area (Å²) in [5.41, 5.74) is 0.265. The maximum Gasteiger partial charge on any atom is 0.267 e. The van der Waals surface area contributed by atoms with Gasteiger partial charge in [0.1, 0.15) is 20.8 Å². The van der Waals surface area contributed by atoms with E-state index < -0.39 is 0 Å². The van der Waals surface area contributed by atoms with Crippen LogP contribution in [0.3, 0.4) is 0 Å². The van der Waals surface area contributed by atoms with E-state index in [4.69, 9.17) is 27.9 Å². The molecule has 2 heterocycles. The van der Waals surface area contributed by atoms with Crippen LogP contribution in [-0.4, -0.2) is 16.5 Å². The molecule has 0 amide bonds. The summed E-state index contributed by atoms with van der Waals surface area (Å²) >= 11 is 13.1. The Balaban J connectivity index is 2.60. The van der Waals surface area contributed by atoms with Crippen molar-refractivity contribution in [3.63, 3.8) is 0 Å². The summed E-state index contributed by atoms with van der Waals surface area (Å²) in [6, 6.07) is 5.17. The van der Waals surface area contributed by atoms with Gasteiger partial charge in [-0.1, -0.05) is 40.6 Å². The maximum atomic E-state index is 12.3. The number of thiazole rings is 1. The molecule has 2 aromatic heterocycles. The van der Waals surface area contributed by atoms with Gasteiger partial charge in [0, 0.05) is 0 Å². The SMILES string of the molecule is COc1cccc2c(=O)n3c(Cl)c(Cl)sc3nc12. The highest BCUT2D eigenvalue weighted by Crippen LogP contribution is 2.32. The third-order valence-corrected chi connectivity index (χ3v) is 4.40. The van der Waals surface area contributed by atoms with Crippen LogP contribution in [0, 0.1) is 0 Å². The quantitative estimate of drug-likeness (QED) is 0.693. The molecule has 0 radical (unpaired) electrons. The Morgan fingerprint density at radius 1 is 1.39 bits per heavy atom. The first-order chi connectivity index (χ1) is 8.63. The zero-order valence-corrected chi connectivity index (χ0v) is 11.4. The second-order valence-corrected chi connectivity index (χ2v) is 5.50. The molecule has 0 aliphatic heterocycles. The summed E-state index contributed by atoms with van der Waals surface area (Å²) in [4.78, 5) is 17.2. The number of nitrogens with zero attached hydrogens (tertiary/aromatic N) is 2. The Morgan fingerprint density at radius 2 is 2.17 bits per heavy atom. The second kappa shape index (κ2) is 4.12. The first-order valence-corrected chi connectivity index (χ1v) is 6.54. The van der Waals surface area contributed by atoms with E-state index in [1.807, 2.05) is 0 Å². The Labute approximate surface area is 115 Å². The molecule has 0 spiro atoms. The fourth-order valence-corrected chi connectivity index (χ4v) is 3.13. The molecule has 0 N–H and O–H groups in total. The molecule has 0 aliphatic rings. The number of para-hydroxylation sites is 1. The van der Waals surface area contributed by atoms with Gasteiger partial charge < -0.3 is 4.74 Å². The number of ether oxygens (including phenoxy) is 1. The van der Waals surface area contributed by atoms with E-state index in [1.54, 1.807) is 18.2 Å². The zero-order valence-electron chi connectivity index (χ0n) is 9.11. The van der Waals surface area contributed by atoms with Crippen molar-refractivity contribution in [1.29, 1.82) is 0 Å². The fourth-order valence-electron chi connectivity index (χ4n) is 1.78. The summed E-state index contributed by atoms with van der Waals surface area (Å²) in [5, 5.41) is 0.641. The Hall–Kier alpha value is -1.30. The predicted molar refractivity (Wildman–Crippen MR) is 73.4 cm³/mol. The van der Waals surface area contributed by atoms with Crippen molar-refractivity contribution in [3.8, 4) is 5.75 Å². The lowest BCUT2D eigenvalue weighted by Gasteiger charge is -2.04. The Kier molecular flexibility index (Phi) is 2.69. The topological polar surface area (TPSA) is 43.6 Å². The number of hydrogen-bond donors (Lipinski definition) is 0. The van der Waals surface area contributed by atoms with E-state index in [0.29, 0.717) is 25.9 Å². The van der Waals surface area contributed by atoms with Crippen LogP contribution in [0.4, 0.5) is 0 Å². The van der Waals surface area contributed by atoms with Crippen LogP contribution in [0.15, 0.2) is 23.0 Å². The zero-order chi connectivity index (χ0) is 12.9. The second-order valence-electron chi connectivity index (χ2n) is 3.56. The van der Waals surface area contributed by atoms with Crippen molar-refractivity contribution < 1.29 is 4.74 Å². The molecule has 0 saturated carbocycles. The molecule has 92 valence electrons. The number of fused-ring (bicyclic) bond motifs is 2. The summed E-state index contributed by atoms with van der Waals surface area (Å²) in [6.07, 6.45) is 0. The van der Waals surface area contributed by atoms with E-state index in [1.165, 1.54) is 11.5 Å². The van der Waals surface area contributed by atoms with Gasteiger partial charge in [0.25, 0.3) is 5.56 Å². The third kappa shape index (κ3) is 1.51. The molecule has 0 aliphatic carbocycles. The van der Waals surface area contributed by atoms with E-state index in [9.17, 15) is 4.79 Å². The number of benzene rings is 1. The van der Waals surface area contributed by atoms with Crippen molar-refractivity contribution >= 4 is 50.4 Å². The fraction of sp³-hybridized carbons (Fsp3) is 0.0909. The number of methoxy groups -OCH3 is 1. The first kappa shape index (κ1) is 11.8. The molecule has 18 heavy (non-hydrogen) atoms. The Morgan fingerprint density at radius 3 is 2.89 bits per heavy atom. The van der Waals surface area contributed by atoms with Crippen molar-refractivity contribution in [3.05, 3.63) is 38.0 Å². The molecule has 1 aromatic carbocycles. The molecule has 0 unspecified atom stereocenters. The lowest BCUT2D eigenvalue weighted by Crippen LogP contribution is -2.14. The molecule has 0 bridgehead atoms. The summed E-state index contributed by atoms with van der Waals surface area (Å²) in [5.74, 6) is 0.549. The van der Waals surface area contributed by atoms with Crippen LogP contribution in [0.2, 0.25) is 9.49 Å². The summed E-state index contributed by atoms with van der Waals surface area (Å²) in [6.45, 7) is 0. The van der Waals surface area contributed by atoms with E-state index in [-0.39, 0.29) is 10.7 Å². The van der Waals surface area contributed by atoms with Crippen LogP contribution >= 0.6 is 34.5 Å². The lowest BCUT2D eigenvalue weighted by atomic mass is 10.2. The first-order valence-electron chi connectivity index (χ1n) is 4.96. The highest BCUT2D eigenvalue weighted by Gasteiger charge is 2.15. The number of halogens is 2. The predicted octanol–water partition coefficient (Wildman–Crippen LogP) is 3.22. The normalized spacial score (nSPS) is 11.3. The van der Waals surface area contributed by atoms with E-state index in [2.05, 4.69) is 4.98 Å². The molecule has 0 atom stereocenters. The average molecular weight is 301 g/mol. The van der Waals surface area contributed by atoms with Crippen LogP contribution in [0.25, 0.3) is 15.9 Å². The van der Waals surface area contributed by atoms with Crippen LogP contribution in [-0.2, 0) is 0 Å². The highest BCUT2D eigenvalue weighted by atomic mass is 35.5. The van der Waals surface area contributed by atoms with Gasteiger partial charge >= 0.3 is 0 Å². The van der Waals surface area contributed by atoms with Gasteiger partial charge in [-0.2, -0.15) is 0 Å². The smallest absolute Gasteiger partial charge is 0.267 e. The van der Waals surface area contributed by atoms with Crippen molar-refractivity contribution in [2.45, 2.75) is 0 Å². The molecule has 0 saturated heterocycles. The molecular formula is C11H6Cl2N2O2S. The van der Waals surface area contributed by atoms with Crippen LogP contribution in [0.5, 0.6) is 5.75 Å². The molecule has 3 aromatic rings. The average Bonchev–Trinajstić information content (AvgIpc) is 2.65. The number of aromatic nitrogens is 2. The molecule has 7 heteroatoms. The number of hydrogen-bond acceptors (Lipinski definition) is 4. The minimum Gasteiger partial charge on any atom is -0.494 e. The number of rotatable bonds is 1. The largest absolute Gasteiger partial charge is 0.494 e. The maximum absolute atomic E-state index is 12.3. The molecule has 3 rings (SSSR count). The standard InChI is InChI=1S/C11H6Cl2N2O2S/c1-17-6-4-2-3-5-7(6)14-11-15(10(5)16)8(12)9(13)18-11/h2-4H,1H3. The van der Waals surface area contributed by atoms with Crippen molar-refractivity contribution in [2.75, 3.05) is 7.11 Å².